The van der Waals surface area contributed by atoms with Gasteiger partial charge in [0.25, 0.3) is 5.91 Å². The second-order valence-electron chi connectivity index (χ2n) is 10.3. The van der Waals surface area contributed by atoms with Gasteiger partial charge in [0.15, 0.2) is 23.5 Å². The number of ether oxygens (including phenoxy) is 3. The summed E-state index contributed by atoms with van der Waals surface area (Å²) in [5, 5.41) is -0.0369. The highest BCUT2D eigenvalue weighted by atomic mass is 35.5. The van der Waals surface area contributed by atoms with Gasteiger partial charge >= 0.3 is 0 Å². The molecule has 2 fully saturated rings. The standard InChI is InChI=1S/C25H35Cl2FN2O4S/c1-7-12-32-22-16(13-17(26)19(27)20(22)28)21(29-35-24(2,3)4)15-8-10-30(11-9-15)23(31)18-14-33-25(5,6)34-18/h7,13,15,18,21,29H,1,8-12,14H2,2-6H3. The zero-order chi connectivity index (χ0) is 26.0. The highest BCUT2D eigenvalue weighted by molar-refractivity contribution is 7.98. The van der Waals surface area contributed by atoms with Crippen molar-refractivity contribution in [2.24, 2.45) is 5.92 Å². The van der Waals surface area contributed by atoms with E-state index in [2.05, 4.69) is 32.1 Å². The zero-order valence-corrected chi connectivity index (χ0v) is 23.3. The van der Waals surface area contributed by atoms with E-state index in [-0.39, 0.29) is 51.6 Å². The summed E-state index contributed by atoms with van der Waals surface area (Å²) >= 11 is 14.0. The van der Waals surface area contributed by atoms with Crippen molar-refractivity contribution in [2.75, 3.05) is 26.3 Å². The maximum atomic E-state index is 15.2. The lowest BCUT2D eigenvalue weighted by Crippen LogP contribution is -2.46. The Morgan fingerprint density at radius 2 is 2.06 bits per heavy atom. The van der Waals surface area contributed by atoms with Gasteiger partial charge in [-0.1, -0.05) is 47.8 Å². The summed E-state index contributed by atoms with van der Waals surface area (Å²) in [5.41, 5.74) is 0.606. The maximum Gasteiger partial charge on any atom is 0.254 e. The average Bonchev–Trinajstić information content (AvgIpc) is 3.16. The maximum absolute atomic E-state index is 15.2. The highest BCUT2D eigenvalue weighted by Gasteiger charge is 2.41. The van der Waals surface area contributed by atoms with Crippen LogP contribution in [0.5, 0.6) is 5.75 Å². The number of nitrogens with one attached hydrogen (secondary N) is 1. The summed E-state index contributed by atoms with van der Waals surface area (Å²) in [7, 11) is 0. The molecule has 0 aromatic heterocycles. The molecule has 2 aliphatic rings. The number of nitrogens with zero attached hydrogens (tertiary/aromatic N) is 1. The predicted molar refractivity (Wildman–Crippen MR) is 140 cm³/mol. The van der Waals surface area contributed by atoms with Crippen LogP contribution in [0.1, 0.15) is 59.1 Å². The van der Waals surface area contributed by atoms with Gasteiger partial charge in [-0.2, -0.15) is 0 Å². The number of piperidine rings is 1. The fourth-order valence-corrected chi connectivity index (χ4v) is 5.38. The second-order valence-corrected chi connectivity index (χ2v) is 12.7. The molecule has 0 aliphatic carbocycles. The van der Waals surface area contributed by atoms with Crippen LogP contribution in [-0.2, 0) is 14.3 Å². The summed E-state index contributed by atoms with van der Waals surface area (Å²) in [4.78, 5) is 14.8. The molecule has 2 saturated heterocycles. The molecule has 35 heavy (non-hydrogen) atoms. The van der Waals surface area contributed by atoms with E-state index in [0.717, 1.165) is 0 Å². The Labute approximate surface area is 222 Å². The van der Waals surface area contributed by atoms with Crippen LogP contribution in [0.3, 0.4) is 0 Å². The largest absolute Gasteiger partial charge is 0.486 e. The minimum atomic E-state index is -0.752. The van der Waals surface area contributed by atoms with Crippen LogP contribution in [0.4, 0.5) is 4.39 Å². The van der Waals surface area contributed by atoms with Crippen LogP contribution in [0.15, 0.2) is 18.7 Å². The highest BCUT2D eigenvalue weighted by Crippen LogP contribution is 2.43. The minimum absolute atomic E-state index is 0.0572. The van der Waals surface area contributed by atoms with Crippen molar-refractivity contribution in [1.29, 1.82) is 0 Å². The monoisotopic (exact) mass is 548 g/mol. The lowest BCUT2D eigenvalue weighted by Gasteiger charge is -2.38. The van der Waals surface area contributed by atoms with Gasteiger partial charge in [-0.15, -0.1) is 0 Å². The minimum Gasteiger partial charge on any atom is -0.486 e. The molecule has 10 heteroatoms. The SMILES string of the molecule is C=CCOc1c(C(NSC(C)(C)C)C2CCN(C(=O)C3COC(C)(C)O3)CC2)cc(Cl)c(Cl)c1F. The first-order valence-corrected chi connectivity index (χ1v) is 13.4. The lowest BCUT2D eigenvalue weighted by atomic mass is 9.85. The number of carbonyl (C=O) groups is 1. The third-order valence-corrected chi connectivity index (χ3v) is 7.67. The Bertz CT molecular complexity index is 933. The molecule has 2 unspecified atom stereocenters. The number of amides is 1. The Morgan fingerprint density at radius 3 is 2.60 bits per heavy atom. The van der Waals surface area contributed by atoms with Gasteiger partial charge in [0.1, 0.15) is 6.61 Å². The Balaban J connectivity index is 1.83. The van der Waals surface area contributed by atoms with Gasteiger partial charge in [-0.05, 0) is 59.4 Å². The van der Waals surface area contributed by atoms with Crippen molar-refractivity contribution >= 4 is 41.1 Å². The molecule has 0 radical (unpaired) electrons. The topological polar surface area (TPSA) is 60.0 Å². The van der Waals surface area contributed by atoms with E-state index < -0.39 is 17.7 Å². The van der Waals surface area contributed by atoms with Crippen molar-refractivity contribution < 1.29 is 23.4 Å². The van der Waals surface area contributed by atoms with E-state index in [0.29, 0.717) is 31.5 Å². The van der Waals surface area contributed by atoms with Crippen molar-refractivity contribution in [2.45, 2.75) is 70.1 Å². The van der Waals surface area contributed by atoms with Crippen LogP contribution >= 0.6 is 35.1 Å². The fraction of sp³-hybridized carbons (Fsp3) is 0.640. The summed E-state index contributed by atoms with van der Waals surface area (Å²) in [6.45, 7) is 15.1. The molecule has 0 saturated carbocycles. The molecule has 3 rings (SSSR count). The number of hydrogen-bond donors (Lipinski definition) is 1. The van der Waals surface area contributed by atoms with Gasteiger partial charge in [0.2, 0.25) is 0 Å². The molecule has 196 valence electrons. The van der Waals surface area contributed by atoms with Crippen LogP contribution in [0, 0.1) is 11.7 Å². The Kier molecular flexibility index (Phi) is 9.43. The zero-order valence-electron chi connectivity index (χ0n) is 21.0. The lowest BCUT2D eigenvalue weighted by molar-refractivity contribution is -0.161. The molecule has 1 N–H and O–H groups in total. The molecule has 1 amide bonds. The first-order chi connectivity index (χ1) is 16.3. The quantitative estimate of drug-likeness (QED) is 0.238. The van der Waals surface area contributed by atoms with E-state index >= 15 is 4.39 Å². The summed E-state index contributed by atoms with van der Waals surface area (Å²) in [6, 6.07) is 1.40. The molecule has 1 aromatic rings. The Hall–Kier alpha value is -1.03. The molecule has 1 aromatic carbocycles. The molecular formula is C25H35Cl2FN2O4S. The van der Waals surface area contributed by atoms with Crippen LogP contribution in [-0.4, -0.2) is 53.7 Å². The van der Waals surface area contributed by atoms with Crippen LogP contribution in [0.25, 0.3) is 0 Å². The molecule has 2 aliphatic heterocycles. The van der Waals surface area contributed by atoms with E-state index in [1.165, 1.54) is 0 Å². The smallest absolute Gasteiger partial charge is 0.254 e. The van der Waals surface area contributed by atoms with Gasteiger partial charge in [-0.25, -0.2) is 4.39 Å². The number of hydrogen-bond acceptors (Lipinski definition) is 6. The fourth-order valence-electron chi connectivity index (χ4n) is 4.24. The van der Waals surface area contributed by atoms with E-state index in [1.54, 1.807) is 37.9 Å². The third kappa shape index (κ3) is 7.27. The number of likely N-dealkylation sites (tertiary alicyclic amines) is 1. The van der Waals surface area contributed by atoms with E-state index in [4.69, 9.17) is 37.4 Å². The van der Waals surface area contributed by atoms with Crippen molar-refractivity contribution in [3.8, 4) is 5.75 Å². The number of carbonyl (C=O) groups excluding carboxylic acids is 1. The molecule has 2 heterocycles. The summed E-state index contributed by atoms with van der Waals surface area (Å²) in [5.74, 6) is -1.31. The molecule has 0 bridgehead atoms. The van der Waals surface area contributed by atoms with Gasteiger partial charge in [0, 0.05) is 29.4 Å². The van der Waals surface area contributed by atoms with Gasteiger partial charge in [0.05, 0.1) is 16.7 Å². The molecule has 6 nitrogen and oxygen atoms in total. The van der Waals surface area contributed by atoms with Crippen LogP contribution < -0.4 is 9.46 Å². The number of rotatable bonds is 8. The van der Waals surface area contributed by atoms with Crippen LogP contribution in [0.2, 0.25) is 10.0 Å². The number of halogens is 3. The van der Waals surface area contributed by atoms with Gasteiger partial charge in [-0.3, -0.25) is 9.52 Å². The molecular weight excluding hydrogens is 514 g/mol. The summed E-state index contributed by atoms with van der Waals surface area (Å²) in [6.07, 6.45) is 2.40. The van der Waals surface area contributed by atoms with Crippen molar-refractivity contribution in [3.05, 3.63) is 40.1 Å². The van der Waals surface area contributed by atoms with Crippen molar-refractivity contribution in [3.63, 3.8) is 0 Å². The van der Waals surface area contributed by atoms with E-state index in [1.807, 2.05) is 4.90 Å². The first-order valence-electron chi connectivity index (χ1n) is 11.8. The molecule has 0 spiro atoms. The first kappa shape index (κ1) is 28.5. The number of benzene rings is 1. The third-order valence-electron chi connectivity index (χ3n) is 5.93. The summed E-state index contributed by atoms with van der Waals surface area (Å²) < 4.78 is 35.7. The predicted octanol–water partition coefficient (Wildman–Crippen LogP) is 6.16. The second kappa shape index (κ2) is 11.6. The molecule has 2 atom stereocenters. The van der Waals surface area contributed by atoms with Crippen molar-refractivity contribution in [1.82, 2.24) is 9.62 Å². The normalized spacial score (nSPS) is 21.7. The van der Waals surface area contributed by atoms with E-state index in [9.17, 15) is 4.79 Å². The van der Waals surface area contributed by atoms with Gasteiger partial charge < -0.3 is 19.1 Å². The Morgan fingerprint density at radius 1 is 1.40 bits per heavy atom. The average molecular weight is 550 g/mol.